The Kier molecular flexibility index (Phi) is 5.61. The van der Waals surface area contributed by atoms with Crippen molar-refractivity contribution in [3.05, 3.63) is 93.6 Å². The topological polar surface area (TPSA) is 57.4 Å². The Morgan fingerprint density at radius 3 is 2.34 bits per heavy atom. The number of halogens is 5. The molecule has 3 aromatic carbocycles. The number of benzene rings is 3. The van der Waals surface area contributed by atoms with Gasteiger partial charge in [-0.3, -0.25) is 4.90 Å². The van der Waals surface area contributed by atoms with Gasteiger partial charge in [0.25, 0.3) is 0 Å². The minimum atomic E-state index is -4.90. The van der Waals surface area contributed by atoms with Crippen molar-refractivity contribution in [3.8, 4) is 5.75 Å². The van der Waals surface area contributed by atoms with E-state index in [0.717, 1.165) is 0 Å². The van der Waals surface area contributed by atoms with Crippen LogP contribution in [0, 0.1) is 0 Å². The second-order valence-corrected chi connectivity index (χ2v) is 9.04. The molecule has 5 nitrogen and oxygen atoms in total. The smallest absolute Gasteiger partial charge is 0.420 e. The van der Waals surface area contributed by atoms with Crippen LogP contribution in [0.2, 0.25) is 10.0 Å². The van der Waals surface area contributed by atoms with Gasteiger partial charge < -0.3 is 15.0 Å². The molecule has 0 aliphatic carbocycles. The van der Waals surface area contributed by atoms with Crippen molar-refractivity contribution in [2.24, 2.45) is 0 Å². The number of urea groups is 1. The van der Waals surface area contributed by atoms with Crippen LogP contribution in [-0.4, -0.2) is 24.3 Å². The molecular weight excluding hydrogens is 502 g/mol. The van der Waals surface area contributed by atoms with E-state index in [2.05, 4.69) is 10.3 Å². The van der Waals surface area contributed by atoms with Gasteiger partial charge in [0.05, 0.1) is 19.3 Å². The van der Waals surface area contributed by atoms with Crippen molar-refractivity contribution in [2.45, 2.75) is 18.3 Å². The van der Waals surface area contributed by atoms with Gasteiger partial charge in [-0.2, -0.15) is 13.2 Å². The molecule has 4 aromatic rings. The molecule has 180 valence electrons. The van der Waals surface area contributed by atoms with Crippen LogP contribution in [0.3, 0.4) is 0 Å². The normalized spacial score (nSPS) is 17.9. The number of hydrogen-bond donors (Lipinski definition) is 2. The number of nitrogens with zero attached hydrogens (tertiary/aromatic N) is 1. The molecule has 10 heteroatoms. The van der Waals surface area contributed by atoms with Gasteiger partial charge >= 0.3 is 12.2 Å². The summed E-state index contributed by atoms with van der Waals surface area (Å²) in [6.07, 6.45) is -3.65. The molecule has 2 N–H and O–H groups in total. The molecule has 1 aromatic heterocycles. The lowest BCUT2D eigenvalue weighted by Crippen LogP contribution is -2.63. The average Bonchev–Trinajstić information content (AvgIpc) is 3.23. The van der Waals surface area contributed by atoms with Crippen molar-refractivity contribution < 1.29 is 22.7 Å². The summed E-state index contributed by atoms with van der Waals surface area (Å²) in [5.41, 5.74) is -1.95. The SMILES string of the molecule is COc1ccc(CN2C(=O)N[C@@](c3c[nH]c4cc(Cl)ccc34)(C(F)(F)F)c3cc(Cl)ccc32)cc1. The van der Waals surface area contributed by atoms with Gasteiger partial charge in [-0.25, -0.2) is 4.79 Å². The second-order valence-electron chi connectivity index (χ2n) is 8.17. The molecule has 1 aliphatic rings. The van der Waals surface area contributed by atoms with Crippen LogP contribution in [0.5, 0.6) is 5.75 Å². The molecule has 1 atom stereocenters. The maximum absolute atomic E-state index is 15.1. The number of rotatable bonds is 4. The number of ether oxygens (including phenoxy) is 1. The third kappa shape index (κ3) is 3.77. The van der Waals surface area contributed by atoms with Crippen molar-refractivity contribution in [3.63, 3.8) is 0 Å². The molecular formula is C25H18Cl2F3N3O2. The molecule has 0 radical (unpaired) electrons. The van der Waals surface area contributed by atoms with Crippen LogP contribution in [0.4, 0.5) is 23.7 Å². The summed E-state index contributed by atoms with van der Waals surface area (Å²) < 4.78 is 50.3. The molecule has 0 saturated carbocycles. The Labute approximate surface area is 208 Å². The number of methoxy groups -OCH3 is 1. The molecule has 0 bridgehead atoms. The lowest BCUT2D eigenvalue weighted by Gasteiger charge is -2.44. The van der Waals surface area contributed by atoms with E-state index in [0.29, 0.717) is 21.9 Å². The number of aromatic amines is 1. The molecule has 2 amide bonds. The molecule has 0 spiro atoms. The fourth-order valence-electron chi connectivity index (χ4n) is 4.52. The Balaban J connectivity index is 1.71. The van der Waals surface area contributed by atoms with Crippen molar-refractivity contribution in [2.75, 3.05) is 12.0 Å². The number of carbonyl (C=O) groups is 1. The minimum Gasteiger partial charge on any atom is -0.497 e. The summed E-state index contributed by atoms with van der Waals surface area (Å²) in [6.45, 7) is 0.0435. The molecule has 5 rings (SSSR count). The van der Waals surface area contributed by atoms with Gasteiger partial charge in [-0.1, -0.05) is 41.4 Å². The average molecular weight is 520 g/mol. The Morgan fingerprint density at radius 2 is 1.66 bits per heavy atom. The van der Waals surface area contributed by atoms with Crippen LogP contribution < -0.4 is 15.0 Å². The van der Waals surface area contributed by atoms with Gasteiger partial charge in [0.15, 0.2) is 5.54 Å². The number of aromatic nitrogens is 1. The highest BCUT2D eigenvalue weighted by atomic mass is 35.5. The number of amides is 2. The maximum Gasteiger partial charge on any atom is 0.420 e. The number of H-pyrrole nitrogens is 1. The van der Waals surface area contributed by atoms with Gasteiger partial charge in [-0.15, -0.1) is 0 Å². The van der Waals surface area contributed by atoms with Crippen LogP contribution in [0.1, 0.15) is 16.7 Å². The summed E-state index contributed by atoms with van der Waals surface area (Å²) in [6, 6.07) is 14.7. The first-order valence-corrected chi connectivity index (χ1v) is 11.3. The number of fused-ring (bicyclic) bond motifs is 2. The van der Waals surface area contributed by atoms with E-state index < -0.39 is 17.7 Å². The zero-order chi connectivity index (χ0) is 25.0. The van der Waals surface area contributed by atoms with E-state index in [4.69, 9.17) is 27.9 Å². The maximum atomic E-state index is 15.1. The lowest BCUT2D eigenvalue weighted by atomic mass is 9.79. The molecule has 0 fully saturated rings. The second kappa shape index (κ2) is 8.39. The van der Waals surface area contributed by atoms with E-state index in [1.807, 2.05) is 0 Å². The van der Waals surface area contributed by atoms with Gasteiger partial charge in [0, 0.05) is 38.3 Å². The first kappa shape index (κ1) is 23.4. The number of alkyl halides is 3. The van der Waals surface area contributed by atoms with E-state index in [1.54, 1.807) is 24.3 Å². The monoisotopic (exact) mass is 519 g/mol. The molecule has 0 unspecified atom stereocenters. The summed E-state index contributed by atoms with van der Waals surface area (Å²) in [5, 5.41) is 3.04. The Morgan fingerprint density at radius 1 is 0.971 bits per heavy atom. The van der Waals surface area contributed by atoms with Crippen molar-refractivity contribution in [1.82, 2.24) is 10.3 Å². The summed E-state index contributed by atoms with van der Waals surface area (Å²) in [4.78, 5) is 17.5. The predicted octanol–water partition coefficient (Wildman–Crippen LogP) is 7.02. The van der Waals surface area contributed by atoms with Gasteiger partial charge in [-0.05, 0) is 48.0 Å². The van der Waals surface area contributed by atoms with Crippen LogP contribution in [0.25, 0.3) is 10.9 Å². The fourth-order valence-corrected chi connectivity index (χ4v) is 4.86. The van der Waals surface area contributed by atoms with Gasteiger partial charge in [0.1, 0.15) is 5.75 Å². The standard InChI is InChI=1S/C25H18Cl2F3N3O2/c1-35-17-6-2-14(3-7-17)13-33-22-9-5-15(26)10-19(22)24(25(28,29)30,32-23(33)34)20-12-31-21-11-16(27)4-8-18(20)21/h2-12,31H,13H2,1H3,(H,32,34)/t24-/m0/s1. The fraction of sp³-hybridized carbons (Fsp3) is 0.160. The largest absolute Gasteiger partial charge is 0.497 e. The molecule has 2 heterocycles. The third-order valence-corrected chi connectivity index (χ3v) is 6.64. The van der Waals surface area contributed by atoms with Crippen molar-refractivity contribution >= 4 is 45.8 Å². The molecule has 0 saturated heterocycles. The molecule has 1 aliphatic heterocycles. The highest BCUT2D eigenvalue weighted by Gasteiger charge is 2.62. The molecule has 35 heavy (non-hydrogen) atoms. The predicted molar refractivity (Wildman–Crippen MR) is 129 cm³/mol. The Bertz CT molecular complexity index is 1440. The lowest BCUT2D eigenvalue weighted by molar-refractivity contribution is -0.184. The highest BCUT2D eigenvalue weighted by molar-refractivity contribution is 6.31. The van der Waals surface area contributed by atoms with E-state index in [1.165, 1.54) is 54.6 Å². The highest BCUT2D eigenvalue weighted by Crippen LogP contribution is 2.52. The quantitative estimate of drug-likeness (QED) is 0.304. The first-order valence-electron chi connectivity index (χ1n) is 10.5. The van der Waals surface area contributed by atoms with Crippen molar-refractivity contribution in [1.29, 1.82) is 0 Å². The van der Waals surface area contributed by atoms with E-state index in [-0.39, 0.29) is 33.8 Å². The number of nitrogens with one attached hydrogen (secondary N) is 2. The Hall–Kier alpha value is -3.36. The van der Waals surface area contributed by atoms with Crippen LogP contribution >= 0.6 is 23.2 Å². The number of carbonyl (C=O) groups excluding carboxylic acids is 1. The summed E-state index contributed by atoms with van der Waals surface area (Å²) in [7, 11) is 1.53. The zero-order valence-electron chi connectivity index (χ0n) is 18.2. The van der Waals surface area contributed by atoms with E-state index in [9.17, 15) is 4.79 Å². The number of anilines is 1. The first-order chi connectivity index (χ1) is 16.6. The van der Waals surface area contributed by atoms with Crippen LogP contribution in [-0.2, 0) is 12.1 Å². The summed E-state index contributed by atoms with van der Waals surface area (Å²) >= 11 is 12.2. The third-order valence-electron chi connectivity index (χ3n) is 6.17. The minimum absolute atomic E-state index is 0.0435. The van der Waals surface area contributed by atoms with Gasteiger partial charge in [0.2, 0.25) is 0 Å². The zero-order valence-corrected chi connectivity index (χ0v) is 19.7. The number of hydrogen-bond acceptors (Lipinski definition) is 2. The van der Waals surface area contributed by atoms with Crippen LogP contribution in [0.15, 0.2) is 66.9 Å². The summed E-state index contributed by atoms with van der Waals surface area (Å²) in [5.74, 6) is 0.625. The van der Waals surface area contributed by atoms with E-state index >= 15 is 13.2 Å².